The van der Waals surface area contributed by atoms with Crippen molar-refractivity contribution < 1.29 is 8.78 Å². The lowest BCUT2D eigenvalue weighted by atomic mass is 10.2. The Hall–Kier alpha value is -2.08. The van der Waals surface area contributed by atoms with Crippen LogP contribution in [0.2, 0.25) is 0 Å². The van der Waals surface area contributed by atoms with Crippen molar-refractivity contribution in [2.75, 3.05) is 5.73 Å². The Kier molecular flexibility index (Phi) is 2.45. The maximum absolute atomic E-state index is 13.7. The van der Waals surface area contributed by atoms with Gasteiger partial charge < -0.3 is 5.73 Å². The van der Waals surface area contributed by atoms with Gasteiger partial charge in [0.25, 0.3) is 0 Å². The van der Waals surface area contributed by atoms with Crippen molar-refractivity contribution in [2.45, 2.75) is 0 Å². The highest BCUT2D eigenvalue weighted by atomic mass is 32.1. The molecule has 0 unspecified atom stereocenters. The fourth-order valence-corrected chi connectivity index (χ4v) is 2.54. The molecule has 1 aromatic carbocycles. The largest absolute Gasteiger partial charge is 0.396 e. The van der Waals surface area contributed by atoms with Crippen molar-refractivity contribution in [1.82, 2.24) is 9.97 Å². The first kappa shape index (κ1) is 11.0. The molecule has 0 saturated carbocycles. The molecule has 0 aliphatic rings. The van der Waals surface area contributed by atoms with Gasteiger partial charge in [0.05, 0.1) is 5.69 Å². The highest BCUT2D eigenvalue weighted by Crippen LogP contribution is 2.32. The summed E-state index contributed by atoms with van der Waals surface area (Å²) in [6.45, 7) is 0. The summed E-state index contributed by atoms with van der Waals surface area (Å²) in [6, 6.07) is 5.56. The topological polar surface area (TPSA) is 51.8 Å². The Balaban J connectivity index is 2.22. The number of fused-ring (bicyclic) bond motifs is 1. The first-order valence-electron chi connectivity index (χ1n) is 5.11. The van der Waals surface area contributed by atoms with Crippen LogP contribution in [0.15, 0.2) is 30.5 Å². The molecule has 2 aromatic heterocycles. The van der Waals surface area contributed by atoms with E-state index >= 15 is 0 Å². The van der Waals surface area contributed by atoms with Gasteiger partial charge in [-0.1, -0.05) is 11.3 Å². The van der Waals surface area contributed by atoms with Crippen molar-refractivity contribution in [1.29, 1.82) is 0 Å². The number of nitrogen functional groups attached to an aromatic ring is 1. The minimum Gasteiger partial charge on any atom is -0.396 e. The first-order chi connectivity index (χ1) is 8.65. The summed E-state index contributed by atoms with van der Waals surface area (Å²) < 4.78 is 26.8. The lowest BCUT2D eigenvalue weighted by molar-refractivity contribution is 0.588. The van der Waals surface area contributed by atoms with Crippen molar-refractivity contribution in [3.8, 4) is 10.6 Å². The van der Waals surface area contributed by atoms with Gasteiger partial charge in [0.2, 0.25) is 0 Å². The molecule has 0 amide bonds. The highest BCUT2D eigenvalue weighted by Gasteiger charge is 2.14. The van der Waals surface area contributed by atoms with E-state index in [1.165, 1.54) is 17.4 Å². The summed E-state index contributed by atoms with van der Waals surface area (Å²) in [4.78, 5) is 9.08. The number of pyridine rings is 1. The van der Waals surface area contributed by atoms with E-state index in [9.17, 15) is 8.78 Å². The van der Waals surface area contributed by atoms with Gasteiger partial charge in [-0.3, -0.25) is 0 Å². The maximum atomic E-state index is 13.7. The van der Waals surface area contributed by atoms with Crippen LogP contribution in [-0.2, 0) is 0 Å². The summed E-state index contributed by atoms with van der Waals surface area (Å²) in [5.41, 5.74) is 6.21. The minimum atomic E-state index is -0.768. The van der Waals surface area contributed by atoms with Gasteiger partial charge in [-0.25, -0.2) is 18.7 Å². The third-order valence-electron chi connectivity index (χ3n) is 2.48. The molecule has 0 spiro atoms. The van der Waals surface area contributed by atoms with Crippen LogP contribution in [0.4, 0.5) is 14.5 Å². The molecule has 3 nitrogen and oxygen atoms in total. The number of nitrogens with zero attached hydrogens (tertiary/aromatic N) is 2. The molecule has 0 aliphatic carbocycles. The van der Waals surface area contributed by atoms with Gasteiger partial charge in [0.15, 0.2) is 0 Å². The van der Waals surface area contributed by atoms with Gasteiger partial charge in [-0.05, 0) is 18.2 Å². The van der Waals surface area contributed by atoms with E-state index in [2.05, 4.69) is 9.97 Å². The molecule has 0 saturated heterocycles. The molecule has 18 heavy (non-hydrogen) atoms. The number of thiazole rings is 1. The third-order valence-corrected chi connectivity index (χ3v) is 3.50. The van der Waals surface area contributed by atoms with Crippen LogP contribution in [0.25, 0.3) is 20.9 Å². The van der Waals surface area contributed by atoms with Gasteiger partial charge >= 0.3 is 0 Å². The van der Waals surface area contributed by atoms with Crippen molar-refractivity contribution in [3.05, 3.63) is 42.1 Å². The number of halogens is 2. The molecule has 3 rings (SSSR count). The number of rotatable bonds is 1. The average Bonchev–Trinajstić information content (AvgIpc) is 2.77. The maximum Gasteiger partial charge on any atom is 0.149 e. The number of hydrogen-bond donors (Lipinski definition) is 1. The predicted molar refractivity (Wildman–Crippen MR) is 67.2 cm³/mol. The van der Waals surface area contributed by atoms with Gasteiger partial charge in [-0.2, -0.15) is 0 Å². The highest BCUT2D eigenvalue weighted by molar-refractivity contribution is 7.21. The van der Waals surface area contributed by atoms with E-state index in [0.29, 0.717) is 15.4 Å². The Bertz CT molecular complexity index is 706. The summed E-state index contributed by atoms with van der Waals surface area (Å²) >= 11 is 1.24. The van der Waals surface area contributed by atoms with Crippen molar-refractivity contribution >= 4 is 27.4 Å². The number of anilines is 1. The lowest BCUT2D eigenvalue weighted by Gasteiger charge is -2.01. The second-order valence-corrected chi connectivity index (χ2v) is 4.68. The van der Waals surface area contributed by atoms with Crippen LogP contribution in [-0.4, -0.2) is 9.97 Å². The summed E-state index contributed by atoms with van der Waals surface area (Å²) in [6.07, 6.45) is 1.64. The van der Waals surface area contributed by atoms with Gasteiger partial charge in [0, 0.05) is 17.8 Å². The zero-order valence-corrected chi connectivity index (χ0v) is 9.84. The lowest BCUT2D eigenvalue weighted by Crippen LogP contribution is -1.94. The Morgan fingerprint density at radius 3 is 2.78 bits per heavy atom. The Morgan fingerprint density at radius 2 is 2.00 bits per heavy atom. The molecule has 0 aliphatic heterocycles. The Morgan fingerprint density at radius 1 is 1.17 bits per heavy atom. The van der Waals surface area contributed by atoms with E-state index in [-0.39, 0.29) is 11.3 Å². The van der Waals surface area contributed by atoms with Crippen LogP contribution in [0.1, 0.15) is 0 Å². The molecule has 2 N–H and O–H groups in total. The van der Waals surface area contributed by atoms with Crippen LogP contribution in [0.5, 0.6) is 0 Å². The van der Waals surface area contributed by atoms with E-state index in [0.717, 1.165) is 6.07 Å². The molecule has 0 atom stereocenters. The normalized spacial score (nSPS) is 11.0. The molecular formula is C12H7F2N3S. The zero-order valence-electron chi connectivity index (χ0n) is 9.02. The van der Waals surface area contributed by atoms with Crippen LogP contribution in [0, 0.1) is 11.6 Å². The molecular weight excluding hydrogens is 256 g/mol. The Labute approximate surface area is 105 Å². The number of nitrogens with two attached hydrogens (primary N) is 1. The fourth-order valence-electron chi connectivity index (χ4n) is 1.61. The smallest absolute Gasteiger partial charge is 0.149 e. The molecule has 0 fully saturated rings. The van der Waals surface area contributed by atoms with Crippen molar-refractivity contribution in [2.24, 2.45) is 0 Å². The second kappa shape index (κ2) is 3.99. The molecule has 90 valence electrons. The van der Waals surface area contributed by atoms with Crippen LogP contribution < -0.4 is 5.73 Å². The van der Waals surface area contributed by atoms with Gasteiger partial charge in [0.1, 0.15) is 27.0 Å². The SMILES string of the molecule is Nc1cc(-c2nc3cccnc3s2)c(F)cc1F. The molecule has 2 heterocycles. The average molecular weight is 263 g/mol. The molecule has 0 bridgehead atoms. The standard InChI is InChI=1S/C12H7F2N3S/c13-7-5-8(14)9(15)4-6(7)11-17-10-2-1-3-16-12(10)18-11/h1-5H,15H2. The van der Waals surface area contributed by atoms with Crippen molar-refractivity contribution in [3.63, 3.8) is 0 Å². The summed E-state index contributed by atoms with van der Waals surface area (Å²) in [7, 11) is 0. The molecule has 3 aromatic rings. The molecule has 0 radical (unpaired) electrons. The van der Waals surface area contributed by atoms with E-state index in [4.69, 9.17) is 5.73 Å². The van der Waals surface area contributed by atoms with Gasteiger partial charge in [-0.15, -0.1) is 0 Å². The van der Waals surface area contributed by atoms with E-state index in [1.807, 2.05) is 0 Å². The molecule has 6 heteroatoms. The van der Waals surface area contributed by atoms with E-state index in [1.54, 1.807) is 18.3 Å². The summed E-state index contributed by atoms with van der Waals surface area (Å²) in [5.74, 6) is -1.45. The monoisotopic (exact) mass is 263 g/mol. The van der Waals surface area contributed by atoms with E-state index < -0.39 is 11.6 Å². The number of aromatic nitrogens is 2. The van der Waals surface area contributed by atoms with Crippen LogP contribution >= 0.6 is 11.3 Å². The first-order valence-corrected chi connectivity index (χ1v) is 5.93. The summed E-state index contributed by atoms with van der Waals surface area (Å²) in [5, 5.41) is 0.438. The minimum absolute atomic E-state index is 0.0985. The predicted octanol–water partition coefficient (Wildman–Crippen LogP) is 3.22. The third kappa shape index (κ3) is 1.70. The zero-order chi connectivity index (χ0) is 12.7. The number of hydrogen-bond acceptors (Lipinski definition) is 4. The number of benzene rings is 1. The second-order valence-electron chi connectivity index (χ2n) is 3.70. The van der Waals surface area contributed by atoms with Crippen LogP contribution in [0.3, 0.4) is 0 Å². The quantitative estimate of drug-likeness (QED) is 0.686. The fraction of sp³-hybridized carbons (Fsp3) is 0.